The van der Waals surface area contributed by atoms with Crippen molar-refractivity contribution in [3.05, 3.63) is 41.4 Å². The third kappa shape index (κ3) is 5.11. The standard InChI is InChI=1S/C15H22ClNO/c1-3-5-12(4-2)8-9-17-11-13-6-7-14(18)10-15(13)16/h3,6-7,10,12,17-18H,1,4-5,8-9,11H2,2H3. The van der Waals surface area contributed by atoms with Gasteiger partial charge in [-0.3, -0.25) is 0 Å². The van der Waals surface area contributed by atoms with Crippen molar-refractivity contribution in [3.8, 4) is 5.75 Å². The summed E-state index contributed by atoms with van der Waals surface area (Å²) in [6, 6.07) is 5.09. The summed E-state index contributed by atoms with van der Waals surface area (Å²) < 4.78 is 0. The van der Waals surface area contributed by atoms with Gasteiger partial charge in [0.15, 0.2) is 0 Å². The maximum Gasteiger partial charge on any atom is 0.117 e. The molecule has 1 rings (SSSR count). The lowest BCUT2D eigenvalue weighted by molar-refractivity contribution is 0.455. The van der Waals surface area contributed by atoms with E-state index in [4.69, 9.17) is 11.6 Å². The molecule has 1 unspecified atom stereocenters. The third-order valence-electron chi connectivity index (χ3n) is 3.16. The number of aromatic hydroxyl groups is 1. The summed E-state index contributed by atoms with van der Waals surface area (Å²) in [4.78, 5) is 0. The molecule has 1 aromatic carbocycles. The molecule has 1 aromatic rings. The number of benzene rings is 1. The van der Waals surface area contributed by atoms with Crippen LogP contribution in [0.3, 0.4) is 0 Å². The van der Waals surface area contributed by atoms with E-state index in [2.05, 4.69) is 18.8 Å². The molecule has 0 aliphatic rings. The van der Waals surface area contributed by atoms with Crippen LogP contribution in [0.25, 0.3) is 0 Å². The van der Waals surface area contributed by atoms with Crippen LogP contribution in [0, 0.1) is 5.92 Å². The van der Waals surface area contributed by atoms with E-state index in [1.165, 1.54) is 6.42 Å². The molecule has 0 spiro atoms. The molecule has 0 heterocycles. The molecule has 3 heteroatoms. The van der Waals surface area contributed by atoms with E-state index in [1.807, 2.05) is 12.1 Å². The van der Waals surface area contributed by atoms with E-state index >= 15 is 0 Å². The van der Waals surface area contributed by atoms with E-state index in [-0.39, 0.29) is 5.75 Å². The minimum atomic E-state index is 0.209. The highest BCUT2D eigenvalue weighted by Gasteiger charge is 2.04. The number of hydrogen-bond donors (Lipinski definition) is 2. The van der Waals surface area contributed by atoms with Crippen LogP contribution in [-0.4, -0.2) is 11.7 Å². The first-order valence-corrected chi connectivity index (χ1v) is 6.84. The van der Waals surface area contributed by atoms with Gasteiger partial charge < -0.3 is 10.4 Å². The van der Waals surface area contributed by atoms with Crippen LogP contribution in [0.1, 0.15) is 31.7 Å². The smallest absolute Gasteiger partial charge is 0.117 e. The summed E-state index contributed by atoms with van der Waals surface area (Å²) in [6.07, 6.45) is 5.41. The Bertz CT molecular complexity index is 379. The zero-order chi connectivity index (χ0) is 13.4. The lowest BCUT2D eigenvalue weighted by atomic mass is 9.98. The van der Waals surface area contributed by atoms with Gasteiger partial charge in [0.25, 0.3) is 0 Å². The molecule has 0 saturated carbocycles. The molecule has 100 valence electrons. The molecule has 0 aromatic heterocycles. The lowest BCUT2D eigenvalue weighted by Crippen LogP contribution is -2.17. The van der Waals surface area contributed by atoms with Crippen LogP contribution in [0.2, 0.25) is 5.02 Å². The van der Waals surface area contributed by atoms with Crippen LogP contribution < -0.4 is 5.32 Å². The number of allylic oxidation sites excluding steroid dienone is 1. The predicted molar refractivity (Wildman–Crippen MR) is 78.0 cm³/mol. The Hall–Kier alpha value is -0.990. The molecule has 2 nitrogen and oxygen atoms in total. The first-order valence-electron chi connectivity index (χ1n) is 6.46. The minimum Gasteiger partial charge on any atom is -0.508 e. The van der Waals surface area contributed by atoms with Gasteiger partial charge in [-0.15, -0.1) is 6.58 Å². The van der Waals surface area contributed by atoms with Gasteiger partial charge in [-0.1, -0.05) is 37.1 Å². The summed E-state index contributed by atoms with van der Waals surface area (Å²) >= 11 is 6.03. The Morgan fingerprint density at radius 2 is 2.28 bits per heavy atom. The molecule has 0 fully saturated rings. The molecule has 0 radical (unpaired) electrons. The van der Waals surface area contributed by atoms with Gasteiger partial charge in [0.05, 0.1) is 0 Å². The Labute approximate surface area is 115 Å². The van der Waals surface area contributed by atoms with E-state index < -0.39 is 0 Å². The molecule has 0 saturated heterocycles. The Morgan fingerprint density at radius 1 is 1.50 bits per heavy atom. The first-order chi connectivity index (χ1) is 8.67. The van der Waals surface area contributed by atoms with E-state index in [1.54, 1.807) is 12.1 Å². The van der Waals surface area contributed by atoms with Gasteiger partial charge in [-0.05, 0) is 43.0 Å². The molecule has 2 N–H and O–H groups in total. The van der Waals surface area contributed by atoms with Crippen molar-refractivity contribution in [2.45, 2.75) is 32.7 Å². The number of rotatable bonds is 8. The van der Waals surface area contributed by atoms with Gasteiger partial charge in [0, 0.05) is 11.6 Å². The number of nitrogens with one attached hydrogen (secondary N) is 1. The first kappa shape index (κ1) is 15.1. The van der Waals surface area contributed by atoms with Gasteiger partial charge >= 0.3 is 0 Å². The molecule has 0 aliphatic carbocycles. The highest BCUT2D eigenvalue weighted by molar-refractivity contribution is 6.31. The zero-order valence-corrected chi connectivity index (χ0v) is 11.7. The summed E-state index contributed by atoms with van der Waals surface area (Å²) in [6.45, 7) is 7.71. The minimum absolute atomic E-state index is 0.209. The highest BCUT2D eigenvalue weighted by Crippen LogP contribution is 2.21. The monoisotopic (exact) mass is 267 g/mol. The number of hydrogen-bond acceptors (Lipinski definition) is 2. The molecule has 0 aliphatic heterocycles. The topological polar surface area (TPSA) is 32.3 Å². The number of phenolic OH excluding ortho intramolecular Hbond substituents is 1. The number of halogens is 1. The Morgan fingerprint density at radius 3 is 2.89 bits per heavy atom. The van der Waals surface area contributed by atoms with Crippen molar-refractivity contribution in [1.82, 2.24) is 5.32 Å². The summed E-state index contributed by atoms with van der Waals surface area (Å²) in [5.74, 6) is 0.922. The molecule has 0 amide bonds. The van der Waals surface area contributed by atoms with Crippen molar-refractivity contribution < 1.29 is 5.11 Å². The fourth-order valence-electron chi connectivity index (χ4n) is 1.93. The van der Waals surface area contributed by atoms with Crippen molar-refractivity contribution in [3.63, 3.8) is 0 Å². The molecular weight excluding hydrogens is 246 g/mol. The maximum absolute atomic E-state index is 9.26. The van der Waals surface area contributed by atoms with E-state index in [0.717, 1.165) is 31.5 Å². The summed E-state index contributed by atoms with van der Waals surface area (Å²) in [7, 11) is 0. The summed E-state index contributed by atoms with van der Waals surface area (Å²) in [5, 5.41) is 13.3. The van der Waals surface area contributed by atoms with Crippen molar-refractivity contribution in [1.29, 1.82) is 0 Å². The van der Waals surface area contributed by atoms with Gasteiger partial charge in [0.1, 0.15) is 5.75 Å². The van der Waals surface area contributed by atoms with E-state index in [0.29, 0.717) is 10.9 Å². The normalized spacial score (nSPS) is 12.3. The average Bonchev–Trinajstić information content (AvgIpc) is 2.35. The Kier molecular flexibility index (Phi) is 6.84. The second-order valence-electron chi connectivity index (χ2n) is 4.54. The third-order valence-corrected chi connectivity index (χ3v) is 3.51. The number of phenols is 1. The van der Waals surface area contributed by atoms with Crippen molar-refractivity contribution in [2.75, 3.05) is 6.54 Å². The van der Waals surface area contributed by atoms with Crippen LogP contribution in [0.4, 0.5) is 0 Å². The van der Waals surface area contributed by atoms with Crippen molar-refractivity contribution in [2.24, 2.45) is 5.92 Å². The SMILES string of the molecule is C=CCC(CC)CCNCc1ccc(O)cc1Cl. The second-order valence-corrected chi connectivity index (χ2v) is 4.95. The second kappa shape index (κ2) is 8.17. The fourth-order valence-corrected chi connectivity index (χ4v) is 2.17. The lowest BCUT2D eigenvalue weighted by Gasteiger charge is -2.13. The van der Waals surface area contributed by atoms with Gasteiger partial charge in [-0.2, -0.15) is 0 Å². The highest BCUT2D eigenvalue weighted by atomic mass is 35.5. The molecule has 1 atom stereocenters. The molecule has 0 bridgehead atoms. The average molecular weight is 268 g/mol. The van der Waals surface area contributed by atoms with Crippen LogP contribution >= 0.6 is 11.6 Å². The zero-order valence-electron chi connectivity index (χ0n) is 11.0. The maximum atomic E-state index is 9.26. The van der Waals surface area contributed by atoms with Gasteiger partial charge in [-0.25, -0.2) is 0 Å². The molecular formula is C15H22ClNO. The predicted octanol–water partition coefficient (Wildman–Crippen LogP) is 4.13. The Balaban J connectivity index is 2.31. The largest absolute Gasteiger partial charge is 0.508 e. The fraction of sp³-hybridized carbons (Fsp3) is 0.467. The summed E-state index contributed by atoms with van der Waals surface area (Å²) in [5.41, 5.74) is 1.02. The van der Waals surface area contributed by atoms with Crippen LogP contribution in [0.15, 0.2) is 30.9 Å². The van der Waals surface area contributed by atoms with Crippen LogP contribution in [0.5, 0.6) is 5.75 Å². The van der Waals surface area contributed by atoms with Gasteiger partial charge in [0.2, 0.25) is 0 Å². The van der Waals surface area contributed by atoms with Crippen molar-refractivity contribution >= 4 is 11.6 Å². The molecule has 18 heavy (non-hydrogen) atoms. The van der Waals surface area contributed by atoms with E-state index in [9.17, 15) is 5.11 Å². The quantitative estimate of drug-likeness (QED) is 0.548. The van der Waals surface area contributed by atoms with Crippen LogP contribution in [-0.2, 0) is 6.54 Å².